The van der Waals surface area contributed by atoms with Crippen LogP contribution in [0.3, 0.4) is 0 Å². The summed E-state index contributed by atoms with van der Waals surface area (Å²) < 4.78 is 22.7. The van der Waals surface area contributed by atoms with Gasteiger partial charge in [-0.05, 0) is 68.6 Å². The van der Waals surface area contributed by atoms with Crippen LogP contribution in [0.2, 0.25) is 5.02 Å². The van der Waals surface area contributed by atoms with Gasteiger partial charge in [0.2, 0.25) is 5.88 Å². The number of halogens is 2. The highest BCUT2D eigenvalue weighted by atomic mass is 35.5. The van der Waals surface area contributed by atoms with Gasteiger partial charge in [0, 0.05) is 63.3 Å². The van der Waals surface area contributed by atoms with E-state index >= 15 is 4.39 Å². The topological polar surface area (TPSA) is 44.7 Å². The van der Waals surface area contributed by atoms with E-state index in [2.05, 4.69) is 37.9 Å². The molecule has 4 rings (SSSR count). The zero-order valence-corrected chi connectivity index (χ0v) is 22.8. The largest absolute Gasteiger partial charge is 0.480 e. The molecular formula is C27H33ClFN5OS. The monoisotopic (exact) mass is 529 g/mol. The zero-order valence-electron chi connectivity index (χ0n) is 21.2. The molecule has 0 aliphatic carbocycles. The molecule has 0 bridgehead atoms. The van der Waals surface area contributed by atoms with Crippen LogP contribution in [0.25, 0.3) is 11.3 Å². The van der Waals surface area contributed by atoms with Gasteiger partial charge in [0.1, 0.15) is 5.82 Å². The number of benzene rings is 1. The van der Waals surface area contributed by atoms with Crippen LogP contribution >= 0.6 is 23.5 Å². The molecule has 1 aliphatic rings. The molecule has 0 unspecified atom stereocenters. The van der Waals surface area contributed by atoms with Crippen molar-refractivity contribution in [3.05, 3.63) is 65.2 Å². The van der Waals surface area contributed by atoms with Gasteiger partial charge >= 0.3 is 0 Å². The molecule has 2 aromatic heterocycles. The molecule has 0 N–H and O–H groups in total. The smallest absolute Gasteiger partial charge is 0.228 e. The Hall–Kier alpha value is -2.39. The van der Waals surface area contributed by atoms with Crippen molar-refractivity contribution in [2.75, 3.05) is 44.1 Å². The Morgan fingerprint density at radius 3 is 2.56 bits per heavy atom. The van der Waals surface area contributed by atoms with E-state index in [0.717, 1.165) is 48.9 Å². The third-order valence-electron chi connectivity index (χ3n) is 6.36. The van der Waals surface area contributed by atoms with Crippen molar-refractivity contribution in [1.29, 1.82) is 0 Å². The lowest BCUT2D eigenvalue weighted by Gasteiger charge is -2.36. The Balaban J connectivity index is 1.49. The van der Waals surface area contributed by atoms with Crippen LogP contribution in [-0.2, 0) is 6.54 Å². The minimum Gasteiger partial charge on any atom is -0.480 e. The molecule has 9 heteroatoms. The second-order valence-electron chi connectivity index (χ2n) is 9.07. The number of hydrogen-bond donors (Lipinski definition) is 0. The van der Waals surface area contributed by atoms with Crippen molar-refractivity contribution in [2.24, 2.45) is 0 Å². The van der Waals surface area contributed by atoms with E-state index in [-0.39, 0.29) is 5.82 Å². The summed E-state index contributed by atoms with van der Waals surface area (Å²) in [4.78, 5) is 14.4. The Morgan fingerprint density at radius 2 is 1.89 bits per heavy atom. The molecule has 1 aromatic carbocycles. The first kappa shape index (κ1) is 26.7. The number of ether oxygens (including phenoxy) is 1. The predicted molar refractivity (Wildman–Crippen MR) is 146 cm³/mol. The molecule has 192 valence electrons. The summed E-state index contributed by atoms with van der Waals surface area (Å²) in [5.74, 6) is 0.249. The molecule has 3 heterocycles. The molecule has 36 heavy (non-hydrogen) atoms. The molecule has 0 radical (unpaired) electrons. The summed E-state index contributed by atoms with van der Waals surface area (Å²) in [6.45, 7) is 12.1. The quantitative estimate of drug-likeness (QED) is 0.315. The minimum absolute atomic E-state index is 0.255. The summed E-state index contributed by atoms with van der Waals surface area (Å²) in [6.07, 6.45) is 3.27. The molecule has 1 aliphatic heterocycles. The van der Waals surface area contributed by atoms with Gasteiger partial charge in [0.15, 0.2) is 0 Å². The van der Waals surface area contributed by atoms with Crippen molar-refractivity contribution >= 4 is 29.2 Å². The fourth-order valence-electron chi connectivity index (χ4n) is 4.33. The molecule has 1 fully saturated rings. The summed E-state index contributed by atoms with van der Waals surface area (Å²) in [5, 5.41) is 0.536. The average molecular weight is 530 g/mol. The highest BCUT2D eigenvalue weighted by Crippen LogP contribution is 2.36. The SMILES string of the molecule is CCN(Sc1cc(Cl)cnc1OC)c1ccnc(-c2ccc(CN3CCN(C(C)C)CC3)cc2F)c1. The van der Waals surface area contributed by atoms with Gasteiger partial charge in [-0.25, -0.2) is 9.37 Å². The van der Waals surface area contributed by atoms with Crippen LogP contribution in [-0.4, -0.2) is 65.6 Å². The normalized spacial score (nSPS) is 14.9. The summed E-state index contributed by atoms with van der Waals surface area (Å²) >= 11 is 7.63. The van der Waals surface area contributed by atoms with E-state index in [1.54, 1.807) is 25.6 Å². The summed E-state index contributed by atoms with van der Waals surface area (Å²) in [7, 11) is 1.58. The molecule has 0 spiro atoms. The van der Waals surface area contributed by atoms with Crippen molar-refractivity contribution in [2.45, 2.75) is 38.3 Å². The first-order valence-electron chi connectivity index (χ1n) is 12.2. The fourth-order valence-corrected chi connectivity index (χ4v) is 5.53. The number of piperazine rings is 1. The number of pyridine rings is 2. The number of methoxy groups -OCH3 is 1. The maximum Gasteiger partial charge on any atom is 0.228 e. The standard InChI is InChI=1S/C27H33ClFN5OS/c1-5-34(36-26-15-21(28)17-31-27(26)35-4)22-8-9-30-25(16-22)23-7-6-20(14-24(23)29)18-32-10-12-33(13-11-32)19(2)3/h6-9,14-17,19H,5,10-13,18H2,1-4H3. The van der Waals surface area contributed by atoms with E-state index in [4.69, 9.17) is 16.3 Å². The zero-order chi connectivity index (χ0) is 25.7. The Kier molecular flexibility index (Phi) is 9.06. The Bertz CT molecular complexity index is 1170. The predicted octanol–water partition coefficient (Wildman–Crippen LogP) is 6.00. The third kappa shape index (κ3) is 6.48. The van der Waals surface area contributed by atoms with Crippen LogP contribution in [0.15, 0.2) is 53.7 Å². The van der Waals surface area contributed by atoms with Gasteiger partial charge in [0.25, 0.3) is 0 Å². The molecular weight excluding hydrogens is 497 g/mol. The van der Waals surface area contributed by atoms with Crippen molar-refractivity contribution in [3.8, 4) is 17.1 Å². The van der Waals surface area contributed by atoms with Gasteiger partial charge in [-0.2, -0.15) is 0 Å². The maximum atomic E-state index is 15.2. The molecule has 0 atom stereocenters. The lowest BCUT2D eigenvalue weighted by atomic mass is 10.1. The first-order chi connectivity index (χ1) is 17.4. The van der Waals surface area contributed by atoms with Gasteiger partial charge in [-0.1, -0.05) is 17.7 Å². The Morgan fingerprint density at radius 1 is 1.11 bits per heavy atom. The van der Waals surface area contributed by atoms with E-state index in [1.165, 1.54) is 11.9 Å². The lowest BCUT2D eigenvalue weighted by Crippen LogP contribution is -2.48. The summed E-state index contributed by atoms with van der Waals surface area (Å²) in [6, 6.07) is 11.7. The number of aromatic nitrogens is 2. The second-order valence-corrected chi connectivity index (χ2v) is 10.6. The van der Waals surface area contributed by atoms with Crippen LogP contribution in [0.1, 0.15) is 26.3 Å². The molecule has 0 amide bonds. The van der Waals surface area contributed by atoms with Crippen LogP contribution < -0.4 is 9.04 Å². The third-order valence-corrected chi connectivity index (χ3v) is 7.74. The minimum atomic E-state index is -0.255. The van der Waals surface area contributed by atoms with Crippen LogP contribution in [0, 0.1) is 5.82 Å². The number of anilines is 1. The summed E-state index contributed by atoms with van der Waals surface area (Å²) in [5.41, 5.74) is 2.98. The number of hydrogen-bond acceptors (Lipinski definition) is 7. The second kappa shape index (κ2) is 12.2. The number of nitrogens with zero attached hydrogens (tertiary/aromatic N) is 5. The fraction of sp³-hybridized carbons (Fsp3) is 0.407. The lowest BCUT2D eigenvalue weighted by molar-refractivity contribution is 0.104. The van der Waals surface area contributed by atoms with E-state index < -0.39 is 0 Å². The van der Waals surface area contributed by atoms with Crippen LogP contribution in [0.4, 0.5) is 10.1 Å². The Labute approximate surface area is 222 Å². The van der Waals surface area contributed by atoms with E-state index in [0.29, 0.717) is 34.7 Å². The molecule has 6 nitrogen and oxygen atoms in total. The van der Waals surface area contributed by atoms with Crippen molar-refractivity contribution < 1.29 is 9.13 Å². The highest BCUT2D eigenvalue weighted by molar-refractivity contribution is 8.00. The molecule has 0 saturated carbocycles. The van der Waals surface area contributed by atoms with Gasteiger partial charge in [-0.15, -0.1) is 0 Å². The van der Waals surface area contributed by atoms with E-state index in [9.17, 15) is 0 Å². The average Bonchev–Trinajstić information content (AvgIpc) is 2.88. The van der Waals surface area contributed by atoms with Gasteiger partial charge in [-0.3, -0.25) is 14.8 Å². The van der Waals surface area contributed by atoms with Crippen LogP contribution in [0.5, 0.6) is 5.88 Å². The first-order valence-corrected chi connectivity index (χ1v) is 13.4. The van der Waals surface area contributed by atoms with Gasteiger partial charge in [0.05, 0.1) is 28.4 Å². The maximum absolute atomic E-state index is 15.2. The highest BCUT2D eigenvalue weighted by Gasteiger charge is 2.20. The van der Waals surface area contributed by atoms with Crippen molar-refractivity contribution in [3.63, 3.8) is 0 Å². The molecule has 1 saturated heterocycles. The van der Waals surface area contributed by atoms with Gasteiger partial charge < -0.3 is 9.04 Å². The van der Waals surface area contributed by atoms with E-state index in [1.807, 2.05) is 37.3 Å². The van der Waals surface area contributed by atoms with Crippen molar-refractivity contribution in [1.82, 2.24) is 19.8 Å². The number of rotatable bonds is 9. The molecule has 3 aromatic rings.